The molecule has 0 spiro atoms. The van der Waals surface area contributed by atoms with Crippen molar-refractivity contribution >= 4 is 27.9 Å². The molecule has 1 aromatic carbocycles. The van der Waals surface area contributed by atoms with E-state index >= 15 is 0 Å². The lowest BCUT2D eigenvalue weighted by Crippen LogP contribution is -2.22. The fraction of sp³-hybridized carbons (Fsp3) is 0.143. The van der Waals surface area contributed by atoms with E-state index in [2.05, 4.69) is 10.3 Å². The maximum Gasteiger partial charge on any atom is 0.311 e. The van der Waals surface area contributed by atoms with Crippen LogP contribution in [0.3, 0.4) is 0 Å². The van der Waals surface area contributed by atoms with Gasteiger partial charge in [0.05, 0.1) is 4.92 Å². The molecule has 0 saturated carbocycles. The Morgan fingerprint density at radius 3 is 3.00 bits per heavy atom. The van der Waals surface area contributed by atoms with Crippen LogP contribution in [0.15, 0.2) is 30.6 Å². The Balaban J connectivity index is 1.76. The van der Waals surface area contributed by atoms with E-state index in [4.69, 9.17) is 0 Å². The van der Waals surface area contributed by atoms with E-state index in [0.717, 1.165) is 10.7 Å². The van der Waals surface area contributed by atoms with Crippen molar-refractivity contribution < 1.29 is 14.8 Å². The second-order valence-electron chi connectivity index (χ2n) is 4.86. The summed E-state index contributed by atoms with van der Waals surface area (Å²) in [5.41, 5.74) is 0.932. The quantitative estimate of drug-likeness (QED) is 0.562. The van der Waals surface area contributed by atoms with Gasteiger partial charge in [-0.2, -0.15) is 0 Å². The van der Waals surface area contributed by atoms with Crippen LogP contribution >= 0.6 is 11.3 Å². The van der Waals surface area contributed by atoms with Gasteiger partial charge in [-0.3, -0.25) is 19.3 Å². The van der Waals surface area contributed by atoms with Gasteiger partial charge in [-0.15, -0.1) is 0 Å². The molecule has 0 saturated heterocycles. The minimum atomic E-state index is -0.668. The number of nitrogens with zero attached hydrogens (tertiary/aromatic N) is 3. The van der Waals surface area contributed by atoms with Crippen LogP contribution in [-0.2, 0) is 6.54 Å². The molecule has 3 rings (SSSR count). The summed E-state index contributed by atoms with van der Waals surface area (Å²) in [5, 5.41) is 22.9. The van der Waals surface area contributed by atoms with Crippen LogP contribution in [0.2, 0.25) is 0 Å². The van der Waals surface area contributed by atoms with Gasteiger partial charge < -0.3 is 10.4 Å². The van der Waals surface area contributed by atoms with Crippen LogP contribution in [0.1, 0.15) is 20.9 Å². The summed E-state index contributed by atoms with van der Waals surface area (Å²) < 4.78 is 1.82. The zero-order chi connectivity index (χ0) is 16.6. The van der Waals surface area contributed by atoms with Crippen LogP contribution < -0.4 is 5.32 Å². The molecule has 2 aromatic heterocycles. The SMILES string of the molecule is Cc1c(C(=O)NCc2ccc(O)c([N+](=O)[O-])c2)sc2nccn12. The number of phenolic OH excluding ortho intramolecular Hbond substituents is 1. The molecule has 118 valence electrons. The topological polar surface area (TPSA) is 110 Å². The zero-order valence-corrected chi connectivity index (χ0v) is 12.8. The number of aryl methyl sites for hydroxylation is 1. The van der Waals surface area contributed by atoms with Gasteiger partial charge in [0, 0.05) is 30.7 Å². The molecule has 0 aliphatic rings. The van der Waals surface area contributed by atoms with Crippen molar-refractivity contribution in [1.82, 2.24) is 14.7 Å². The van der Waals surface area contributed by atoms with Crippen LogP contribution in [0, 0.1) is 17.0 Å². The Morgan fingerprint density at radius 1 is 1.52 bits per heavy atom. The second-order valence-corrected chi connectivity index (χ2v) is 5.84. The number of nitrogens with one attached hydrogen (secondary N) is 1. The van der Waals surface area contributed by atoms with E-state index in [1.54, 1.807) is 12.4 Å². The molecule has 3 aromatic rings. The number of rotatable bonds is 4. The minimum Gasteiger partial charge on any atom is -0.502 e. The fourth-order valence-electron chi connectivity index (χ4n) is 2.19. The predicted molar refractivity (Wildman–Crippen MR) is 83.7 cm³/mol. The molecule has 2 N–H and O–H groups in total. The normalized spacial score (nSPS) is 10.8. The largest absolute Gasteiger partial charge is 0.502 e. The third kappa shape index (κ3) is 2.73. The average Bonchev–Trinajstić information content (AvgIpc) is 3.09. The first kappa shape index (κ1) is 15.0. The highest BCUT2D eigenvalue weighted by molar-refractivity contribution is 7.19. The summed E-state index contributed by atoms with van der Waals surface area (Å²) in [5.74, 6) is -0.672. The molecule has 0 radical (unpaired) electrons. The first-order chi connectivity index (χ1) is 11.0. The smallest absolute Gasteiger partial charge is 0.311 e. The molecular formula is C14H12N4O4S. The molecule has 0 fully saturated rings. The lowest BCUT2D eigenvalue weighted by Gasteiger charge is -2.05. The fourth-order valence-corrected chi connectivity index (χ4v) is 3.20. The van der Waals surface area contributed by atoms with Crippen LogP contribution in [0.5, 0.6) is 5.75 Å². The van der Waals surface area contributed by atoms with Crippen molar-refractivity contribution in [3.63, 3.8) is 0 Å². The third-order valence-electron chi connectivity index (χ3n) is 3.39. The number of phenols is 1. The molecule has 2 heterocycles. The van der Waals surface area contributed by atoms with Crippen molar-refractivity contribution in [3.8, 4) is 5.75 Å². The summed E-state index contributed by atoms with van der Waals surface area (Å²) in [7, 11) is 0. The average molecular weight is 332 g/mol. The highest BCUT2D eigenvalue weighted by atomic mass is 32.1. The highest BCUT2D eigenvalue weighted by Gasteiger charge is 2.17. The van der Waals surface area contributed by atoms with Gasteiger partial charge >= 0.3 is 5.69 Å². The maximum atomic E-state index is 12.3. The Bertz CT molecular complexity index is 915. The summed E-state index contributed by atoms with van der Waals surface area (Å²) in [4.78, 5) is 27.8. The van der Waals surface area contributed by atoms with Gasteiger partial charge in [0.25, 0.3) is 5.91 Å². The Labute approximate surface area is 134 Å². The summed E-state index contributed by atoms with van der Waals surface area (Å²) in [6.45, 7) is 1.95. The summed E-state index contributed by atoms with van der Waals surface area (Å²) in [6, 6.07) is 4.00. The number of hydrogen-bond acceptors (Lipinski definition) is 6. The van der Waals surface area contributed by atoms with E-state index in [-0.39, 0.29) is 18.1 Å². The van der Waals surface area contributed by atoms with Gasteiger partial charge in [0.15, 0.2) is 10.7 Å². The number of nitro benzene ring substituents is 1. The van der Waals surface area contributed by atoms with Gasteiger partial charge in [-0.05, 0) is 18.6 Å². The van der Waals surface area contributed by atoms with Crippen molar-refractivity contribution in [2.24, 2.45) is 0 Å². The van der Waals surface area contributed by atoms with Crippen LogP contribution in [0.4, 0.5) is 5.69 Å². The van der Waals surface area contributed by atoms with Crippen LogP contribution in [0.25, 0.3) is 4.96 Å². The molecule has 23 heavy (non-hydrogen) atoms. The van der Waals surface area contributed by atoms with E-state index in [1.807, 2.05) is 11.3 Å². The minimum absolute atomic E-state index is 0.125. The number of aromatic hydroxyl groups is 1. The Morgan fingerprint density at radius 2 is 2.30 bits per heavy atom. The first-order valence-corrected chi connectivity index (χ1v) is 7.46. The lowest BCUT2D eigenvalue weighted by atomic mass is 10.2. The number of aromatic nitrogens is 2. The standard InChI is InChI=1S/C14H12N4O4S/c1-8-12(23-14-15-4-5-17(8)14)13(20)16-7-9-2-3-11(19)10(6-9)18(21)22/h2-6,19H,7H2,1H3,(H,16,20). The van der Waals surface area contributed by atoms with E-state index in [0.29, 0.717) is 10.4 Å². The monoisotopic (exact) mass is 332 g/mol. The molecule has 0 aliphatic carbocycles. The number of thiazole rings is 1. The van der Waals surface area contributed by atoms with Gasteiger partial charge in [-0.25, -0.2) is 4.98 Å². The van der Waals surface area contributed by atoms with Crippen LogP contribution in [-0.4, -0.2) is 25.3 Å². The summed E-state index contributed by atoms with van der Waals surface area (Å²) in [6.07, 6.45) is 3.44. The van der Waals surface area contributed by atoms with Crippen molar-refractivity contribution in [2.45, 2.75) is 13.5 Å². The number of hydrogen-bond donors (Lipinski definition) is 2. The summed E-state index contributed by atoms with van der Waals surface area (Å²) >= 11 is 1.28. The highest BCUT2D eigenvalue weighted by Crippen LogP contribution is 2.26. The molecule has 0 bridgehead atoms. The Hall–Kier alpha value is -2.94. The molecule has 0 atom stereocenters. The van der Waals surface area contributed by atoms with Gasteiger partial charge in [-0.1, -0.05) is 17.4 Å². The van der Waals surface area contributed by atoms with Crippen molar-refractivity contribution in [1.29, 1.82) is 0 Å². The van der Waals surface area contributed by atoms with E-state index in [9.17, 15) is 20.0 Å². The van der Waals surface area contributed by atoms with Crippen molar-refractivity contribution in [2.75, 3.05) is 0 Å². The maximum absolute atomic E-state index is 12.3. The molecule has 0 unspecified atom stereocenters. The van der Waals surface area contributed by atoms with E-state index in [1.165, 1.54) is 29.5 Å². The predicted octanol–water partition coefficient (Wildman–Crippen LogP) is 2.25. The van der Waals surface area contributed by atoms with Gasteiger partial charge in [0.2, 0.25) is 0 Å². The first-order valence-electron chi connectivity index (χ1n) is 6.64. The molecule has 9 heteroatoms. The zero-order valence-electron chi connectivity index (χ0n) is 12.0. The Kier molecular flexibility index (Phi) is 3.70. The van der Waals surface area contributed by atoms with Crippen molar-refractivity contribution in [3.05, 3.63) is 56.8 Å². The number of fused-ring (bicyclic) bond motifs is 1. The number of carbonyl (C=O) groups is 1. The number of nitro groups is 1. The molecular weight excluding hydrogens is 320 g/mol. The molecule has 1 amide bonds. The third-order valence-corrected chi connectivity index (χ3v) is 4.56. The molecule has 8 nitrogen and oxygen atoms in total. The number of carbonyl (C=O) groups excluding carboxylic acids is 1. The van der Waals surface area contributed by atoms with E-state index < -0.39 is 10.7 Å². The number of amides is 1. The second kappa shape index (κ2) is 5.69. The number of benzene rings is 1. The number of imidazole rings is 1. The van der Waals surface area contributed by atoms with Gasteiger partial charge in [0.1, 0.15) is 4.88 Å². The lowest BCUT2D eigenvalue weighted by molar-refractivity contribution is -0.385. The molecule has 0 aliphatic heterocycles.